The minimum Gasteiger partial charge on any atom is -0.0651 e. The van der Waals surface area contributed by atoms with Crippen molar-refractivity contribution in [2.75, 3.05) is 0 Å². The second-order valence-electron chi connectivity index (χ2n) is 5.30. The maximum Gasteiger partial charge on any atom is -0.0414 e. The number of hydrogen-bond acceptors (Lipinski definition) is 0. The predicted molar refractivity (Wildman–Crippen MR) is 64.5 cm³/mol. The Morgan fingerprint density at radius 2 is 1.79 bits per heavy atom. The summed E-state index contributed by atoms with van der Waals surface area (Å²) in [4.78, 5) is 0. The fraction of sp³-hybridized carbons (Fsp3) is 1.00. The van der Waals surface area contributed by atoms with E-state index in [4.69, 9.17) is 0 Å². The van der Waals surface area contributed by atoms with Gasteiger partial charge in [0.05, 0.1) is 0 Å². The van der Waals surface area contributed by atoms with Crippen LogP contribution in [-0.2, 0) is 0 Å². The molecular weight excluding hydrogens is 168 g/mol. The molecule has 0 bridgehead atoms. The molecule has 0 heteroatoms. The summed E-state index contributed by atoms with van der Waals surface area (Å²) in [5.74, 6) is 2.09. The van der Waals surface area contributed by atoms with Gasteiger partial charge < -0.3 is 0 Å². The highest BCUT2D eigenvalue weighted by molar-refractivity contribution is 4.69. The van der Waals surface area contributed by atoms with E-state index in [1.807, 2.05) is 0 Å². The number of rotatable bonds is 8. The summed E-state index contributed by atoms with van der Waals surface area (Å²) in [6.45, 7) is 4.69. The molecule has 0 aromatic carbocycles. The summed E-state index contributed by atoms with van der Waals surface area (Å²) >= 11 is 0. The molecule has 0 nitrogen and oxygen atoms in total. The van der Waals surface area contributed by atoms with Crippen molar-refractivity contribution < 1.29 is 0 Å². The Balaban J connectivity index is 1.75. The molecule has 0 radical (unpaired) electrons. The fourth-order valence-electron chi connectivity index (χ4n) is 2.26. The first-order valence-electron chi connectivity index (χ1n) is 6.83. The Kier molecular flexibility index (Phi) is 6.31. The Morgan fingerprint density at radius 1 is 1.07 bits per heavy atom. The average Bonchev–Trinajstić information content (AvgIpc) is 2.13. The van der Waals surface area contributed by atoms with E-state index in [9.17, 15) is 0 Å². The summed E-state index contributed by atoms with van der Waals surface area (Å²) in [7, 11) is 0. The van der Waals surface area contributed by atoms with Crippen molar-refractivity contribution >= 4 is 0 Å². The standard InChI is InChI=1S/C14H28/c1-3-13(2)9-6-4-5-7-10-14-11-8-12-14/h13-14H,3-12H2,1-2H3. The molecule has 0 heterocycles. The molecule has 0 saturated heterocycles. The molecule has 1 saturated carbocycles. The third kappa shape index (κ3) is 5.02. The molecule has 14 heavy (non-hydrogen) atoms. The molecule has 0 aromatic heterocycles. The number of unbranched alkanes of at least 4 members (excludes halogenated alkanes) is 3. The van der Waals surface area contributed by atoms with Crippen LogP contribution in [0.5, 0.6) is 0 Å². The van der Waals surface area contributed by atoms with Crippen LogP contribution in [0.1, 0.15) is 78.1 Å². The lowest BCUT2D eigenvalue weighted by atomic mass is 9.81. The van der Waals surface area contributed by atoms with E-state index in [0.717, 1.165) is 11.8 Å². The molecule has 1 unspecified atom stereocenters. The smallest absolute Gasteiger partial charge is 0.0414 e. The summed E-state index contributed by atoms with van der Waals surface area (Å²) in [5, 5.41) is 0. The largest absolute Gasteiger partial charge is 0.0651 e. The normalized spacial score (nSPS) is 19.3. The molecule has 0 spiro atoms. The Hall–Kier alpha value is 0. The molecule has 0 amide bonds. The van der Waals surface area contributed by atoms with Gasteiger partial charge in [0.2, 0.25) is 0 Å². The van der Waals surface area contributed by atoms with Gasteiger partial charge in [0, 0.05) is 0 Å². The van der Waals surface area contributed by atoms with Crippen LogP contribution in [0, 0.1) is 11.8 Å². The van der Waals surface area contributed by atoms with E-state index in [1.165, 1.54) is 64.2 Å². The predicted octanol–water partition coefficient (Wildman–Crippen LogP) is 5.17. The monoisotopic (exact) mass is 196 g/mol. The summed E-state index contributed by atoms with van der Waals surface area (Å²) in [6.07, 6.45) is 14.9. The van der Waals surface area contributed by atoms with E-state index >= 15 is 0 Å². The molecule has 0 aliphatic heterocycles. The second kappa shape index (κ2) is 7.31. The van der Waals surface area contributed by atoms with Gasteiger partial charge in [-0.05, 0) is 11.8 Å². The molecule has 1 aliphatic rings. The molecule has 0 aromatic rings. The number of hydrogen-bond donors (Lipinski definition) is 0. The molecule has 1 fully saturated rings. The summed E-state index contributed by atoms with van der Waals surface area (Å²) < 4.78 is 0. The zero-order chi connectivity index (χ0) is 10.2. The molecule has 1 rings (SSSR count). The van der Waals surface area contributed by atoms with Crippen LogP contribution in [0.4, 0.5) is 0 Å². The maximum absolute atomic E-state index is 2.38. The van der Waals surface area contributed by atoms with E-state index < -0.39 is 0 Å². The van der Waals surface area contributed by atoms with Crippen molar-refractivity contribution in [3.63, 3.8) is 0 Å². The van der Waals surface area contributed by atoms with E-state index in [1.54, 1.807) is 0 Å². The van der Waals surface area contributed by atoms with Crippen LogP contribution in [0.3, 0.4) is 0 Å². The first-order chi connectivity index (χ1) is 6.83. The lowest BCUT2D eigenvalue weighted by molar-refractivity contribution is 0.286. The lowest BCUT2D eigenvalue weighted by Crippen LogP contribution is -2.10. The van der Waals surface area contributed by atoms with Gasteiger partial charge in [0.1, 0.15) is 0 Å². The van der Waals surface area contributed by atoms with Crippen LogP contribution in [0.25, 0.3) is 0 Å². The topological polar surface area (TPSA) is 0 Å². The molecule has 1 atom stereocenters. The Labute approximate surface area is 90.5 Å². The highest BCUT2D eigenvalue weighted by Gasteiger charge is 2.15. The summed E-state index contributed by atoms with van der Waals surface area (Å²) in [5.41, 5.74) is 0. The van der Waals surface area contributed by atoms with Gasteiger partial charge >= 0.3 is 0 Å². The zero-order valence-corrected chi connectivity index (χ0v) is 10.2. The zero-order valence-electron chi connectivity index (χ0n) is 10.2. The van der Waals surface area contributed by atoms with Gasteiger partial charge in [0.25, 0.3) is 0 Å². The van der Waals surface area contributed by atoms with E-state index in [-0.39, 0.29) is 0 Å². The summed E-state index contributed by atoms with van der Waals surface area (Å²) in [6, 6.07) is 0. The lowest BCUT2D eigenvalue weighted by Gasteiger charge is -2.24. The maximum atomic E-state index is 2.38. The quantitative estimate of drug-likeness (QED) is 0.470. The fourth-order valence-corrected chi connectivity index (χ4v) is 2.26. The third-order valence-electron chi connectivity index (χ3n) is 3.98. The van der Waals surface area contributed by atoms with Crippen molar-refractivity contribution in [3.8, 4) is 0 Å². The first-order valence-corrected chi connectivity index (χ1v) is 6.83. The van der Waals surface area contributed by atoms with Gasteiger partial charge in [-0.1, -0.05) is 78.1 Å². The third-order valence-corrected chi connectivity index (χ3v) is 3.98. The van der Waals surface area contributed by atoms with Crippen molar-refractivity contribution in [1.29, 1.82) is 0 Å². The van der Waals surface area contributed by atoms with Gasteiger partial charge in [-0.3, -0.25) is 0 Å². The molecular formula is C14H28. The average molecular weight is 196 g/mol. The molecule has 0 N–H and O–H groups in total. The molecule has 1 aliphatic carbocycles. The van der Waals surface area contributed by atoms with Gasteiger partial charge in [-0.2, -0.15) is 0 Å². The molecule has 84 valence electrons. The minimum atomic E-state index is 0.960. The first kappa shape index (κ1) is 12.1. The van der Waals surface area contributed by atoms with Gasteiger partial charge in [-0.15, -0.1) is 0 Å². The van der Waals surface area contributed by atoms with Crippen LogP contribution >= 0.6 is 0 Å². The SMILES string of the molecule is CCC(C)CCCCCCC1CCC1. The Bertz CT molecular complexity index is 115. The highest BCUT2D eigenvalue weighted by Crippen LogP contribution is 2.31. The van der Waals surface area contributed by atoms with Crippen LogP contribution in [-0.4, -0.2) is 0 Å². The van der Waals surface area contributed by atoms with Crippen LogP contribution in [0.2, 0.25) is 0 Å². The van der Waals surface area contributed by atoms with Gasteiger partial charge in [-0.25, -0.2) is 0 Å². The Morgan fingerprint density at radius 3 is 2.36 bits per heavy atom. The van der Waals surface area contributed by atoms with Crippen molar-refractivity contribution in [1.82, 2.24) is 0 Å². The van der Waals surface area contributed by atoms with Crippen LogP contribution in [0.15, 0.2) is 0 Å². The van der Waals surface area contributed by atoms with Crippen molar-refractivity contribution in [2.45, 2.75) is 78.1 Å². The van der Waals surface area contributed by atoms with E-state index in [0.29, 0.717) is 0 Å². The van der Waals surface area contributed by atoms with E-state index in [2.05, 4.69) is 13.8 Å². The van der Waals surface area contributed by atoms with Crippen molar-refractivity contribution in [3.05, 3.63) is 0 Å². The minimum absolute atomic E-state index is 0.960. The van der Waals surface area contributed by atoms with Crippen molar-refractivity contribution in [2.24, 2.45) is 11.8 Å². The van der Waals surface area contributed by atoms with Gasteiger partial charge in [0.15, 0.2) is 0 Å². The highest BCUT2D eigenvalue weighted by atomic mass is 14.2. The van der Waals surface area contributed by atoms with Crippen LogP contribution < -0.4 is 0 Å². The second-order valence-corrected chi connectivity index (χ2v) is 5.30.